The number of piperidine rings is 1. The van der Waals surface area contributed by atoms with Gasteiger partial charge in [-0.05, 0) is 51.0 Å². The van der Waals surface area contributed by atoms with Crippen LogP contribution in [-0.2, 0) is 0 Å². The molecule has 132 valence electrons. The van der Waals surface area contributed by atoms with Crippen LogP contribution in [0.5, 0.6) is 5.75 Å². The van der Waals surface area contributed by atoms with E-state index >= 15 is 0 Å². The summed E-state index contributed by atoms with van der Waals surface area (Å²) in [5, 5.41) is 0. The lowest BCUT2D eigenvalue weighted by atomic mass is 9.99. The molecule has 3 heterocycles. The van der Waals surface area contributed by atoms with Crippen LogP contribution >= 0.6 is 0 Å². The van der Waals surface area contributed by atoms with Crippen molar-refractivity contribution >= 4 is 11.4 Å². The molecule has 0 aromatic heterocycles. The lowest BCUT2D eigenvalue weighted by molar-refractivity contribution is 0.0810. The van der Waals surface area contributed by atoms with E-state index in [1.54, 1.807) is 0 Å². The van der Waals surface area contributed by atoms with Gasteiger partial charge in [-0.15, -0.1) is 0 Å². The van der Waals surface area contributed by atoms with Gasteiger partial charge in [0.2, 0.25) is 0 Å². The number of piperazine rings is 1. The van der Waals surface area contributed by atoms with Crippen LogP contribution in [0.1, 0.15) is 25.3 Å². The van der Waals surface area contributed by atoms with Gasteiger partial charge in [-0.3, -0.25) is 4.90 Å². The summed E-state index contributed by atoms with van der Waals surface area (Å²) < 4.78 is 6.07. The summed E-state index contributed by atoms with van der Waals surface area (Å²) in [6, 6.07) is 5.27. The van der Waals surface area contributed by atoms with E-state index in [0.29, 0.717) is 6.04 Å². The molecule has 0 spiro atoms. The lowest BCUT2D eigenvalue weighted by Crippen LogP contribution is -2.60. The topological polar surface area (TPSA) is 45.0 Å². The second-order valence-electron chi connectivity index (χ2n) is 7.50. The molecule has 1 aromatic rings. The number of rotatable bonds is 2. The van der Waals surface area contributed by atoms with E-state index < -0.39 is 0 Å². The van der Waals surface area contributed by atoms with Crippen LogP contribution in [0.15, 0.2) is 12.1 Å². The van der Waals surface area contributed by atoms with Gasteiger partial charge in [-0.1, -0.05) is 6.92 Å². The highest BCUT2D eigenvalue weighted by Crippen LogP contribution is 2.40. The SMILES string of the molecule is CCN1CCC(N2CCN3c4c(C)cc(N)cc4OC[C@H]3C2)CC1. The molecule has 1 atom stereocenters. The summed E-state index contributed by atoms with van der Waals surface area (Å²) in [5.74, 6) is 0.966. The molecule has 0 amide bonds. The maximum atomic E-state index is 6.07. The first kappa shape index (κ1) is 16.0. The highest BCUT2D eigenvalue weighted by molar-refractivity contribution is 5.70. The minimum atomic E-state index is 0.470. The third kappa shape index (κ3) is 2.84. The van der Waals surface area contributed by atoms with Crippen LogP contribution in [0, 0.1) is 6.92 Å². The Labute approximate surface area is 145 Å². The number of hydrogen-bond acceptors (Lipinski definition) is 5. The predicted molar refractivity (Wildman–Crippen MR) is 98.9 cm³/mol. The van der Waals surface area contributed by atoms with Gasteiger partial charge in [0.25, 0.3) is 0 Å². The maximum Gasteiger partial charge on any atom is 0.145 e. The van der Waals surface area contributed by atoms with Crippen LogP contribution in [0.3, 0.4) is 0 Å². The van der Waals surface area contributed by atoms with Gasteiger partial charge in [0, 0.05) is 37.4 Å². The molecule has 2 saturated heterocycles. The molecule has 0 radical (unpaired) electrons. The Bertz CT molecular complexity index is 597. The Hall–Kier alpha value is -1.46. The fraction of sp³-hybridized carbons (Fsp3) is 0.684. The van der Waals surface area contributed by atoms with Crippen molar-refractivity contribution in [1.82, 2.24) is 9.80 Å². The second kappa shape index (κ2) is 6.45. The number of fused-ring (bicyclic) bond motifs is 3. The third-order valence-corrected chi connectivity index (χ3v) is 6.04. The van der Waals surface area contributed by atoms with Crippen LogP contribution in [0.25, 0.3) is 0 Å². The quantitative estimate of drug-likeness (QED) is 0.840. The van der Waals surface area contributed by atoms with Crippen molar-refractivity contribution in [2.75, 3.05) is 56.5 Å². The molecular formula is C19H30N4O. The Morgan fingerprint density at radius 1 is 1.12 bits per heavy atom. The number of nitrogens with two attached hydrogens (primary N) is 1. The number of nitrogen functional groups attached to an aromatic ring is 1. The minimum Gasteiger partial charge on any atom is -0.489 e. The van der Waals surface area contributed by atoms with Crippen LogP contribution in [0.2, 0.25) is 0 Å². The largest absolute Gasteiger partial charge is 0.489 e. The molecule has 0 aliphatic carbocycles. The highest BCUT2D eigenvalue weighted by atomic mass is 16.5. The van der Waals surface area contributed by atoms with E-state index in [4.69, 9.17) is 10.5 Å². The fourth-order valence-corrected chi connectivity index (χ4v) is 4.69. The van der Waals surface area contributed by atoms with Crippen molar-refractivity contribution in [1.29, 1.82) is 0 Å². The molecule has 0 saturated carbocycles. The molecule has 3 aliphatic rings. The van der Waals surface area contributed by atoms with E-state index in [1.807, 2.05) is 6.07 Å². The molecule has 2 fully saturated rings. The zero-order valence-electron chi connectivity index (χ0n) is 15.0. The normalized spacial score (nSPS) is 25.9. The van der Waals surface area contributed by atoms with Gasteiger partial charge in [-0.25, -0.2) is 0 Å². The number of hydrogen-bond donors (Lipinski definition) is 1. The zero-order valence-corrected chi connectivity index (χ0v) is 15.0. The fourth-order valence-electron chi connectivity index (χ4n) is 4.69. The average Bonchev–Trinajstić information content (AvgIpc) is 2.60. The molecule has 0 unspecified atom stereocenters. The summed E-state index contributed by atoms with van der Waals surface area (Å²) in [6.07, 6.45) is 2.63. The van der Waals surface area contributed by atoms with Crippen molar-refractivity contribution in [2.45, 2.75) is 38.8 Å². The zero-order chi connectivity index (χ0) is 16.7. The first-order valence-corrected chi connectivity index (χ1v) is 9.41. The molecule has 3 aliphatic heterocycles. The van der Waals surface area contributed by atoms with E-state index in [1.165, 1.54) is 43.7 Å². The van der Waals surface area contributed by atoms with Crippen LogP contribution in [-0.4, -0.2) is 67.8 Å². The maximum absolute atomic E-state index is 6.07. The first-order chi connectivity index (χ1) is 11.7. The van der Waals surface area contributed by atoms with Gasteiger partial charge in [0.15, 0.2) is 0 Å². The first-order valence-electron chi connectivity index (χ1n) is 9.41. The Balaban J connectivity index is 1.46. The molecule has 5 heteroatoms. The number of aryl methyl sites for hydroxylation is 1. The highest BCUT2D eigenvalue weighted by Gasteiger charge is 2.36. The smallest absolute Gasteiger partial charge is 0.145 e. The van der Waals surface area contributed by atoms with Crippen molar-refractivity contribution in [2.24, 2.45) is 0 Å². The molecule has 5 nitrogen and oxygen atoms in total. The summed E-state index contributed by atoms with van der Waals surface area (Å²) in [6.45, 7) is 12.3. The van der Waals surface area contributed by atoms with E-state index in [-0.39, 0.29) is 0 Å². The van der Waals surface area contributed by atoms with E-state index in [2.05, 4.69) is 34.6 Å². The molecule has 0 bridgehead atoms. The summed E-state index contributed by atoms with van der Waals surface area (Å²) >= 11 is 0. The summed E-state index contributed by atoms with van der Waals surface area (Å²) in [7, 11) is 0. The standard InChI is InChI=1S/C19H30N4O/c1-3-21-6-4-16(5-7-21)22-8-9-23-17(12-22)13-24-18-11-15(20)10-14(2)19(18)23/h10-11,16-17H,3-9,12-13,20H2,1-2H3/t17-/m1/s1. The van der Waals surface area contributed by atoms with Gasteiger partial charge >= 0.3 is 0 Å². The van der Waals surface area contributed by atoms with E-state index in [9.17, 15) is 0 Å². The number of likely N-dealkylation sites (tertiary alicyclic amines) is 1. The van der Waals surface area contributed by atoms with Crippen LogP contribution in [0.4, 0.5) is 11.4 Å². The van der Waals surface area contributed by atoms with Crippen molar-refractivity contribution < 1.29 is 4.74 Å². The van der Waals surface area contributed by atoms with E-state index in [0.717, 1.165) is 43.7 Å². The van der Waals surface area contributed by atoms with Crippen molar-refractivity contribution in [3.63, 3.8) is 0 Å². The van der Waals surface area contributed by atoms with Gasteiger partial charge in [0.1, 0.15) is 12.4 Å². The number of ether oxygens (including phenoxy) is 1. The Kier molecular flexibility index (Phi) is 4.31. The molecule has 4 rings (SSSR count). The van der Waals surface area contributed by atoms with Crippen molar-refractivity contribution in [3.05, 3.63) is 17.7 Å². The van der Waals surface area contributed by atoms with Crippen LogP contribution < -0.4 is 15.4 Å². The van der Waals surface area contributed by atoms with Gasteiger partial charge < -0.3 is 20.3 Å². The minimum absolute atomic E-state index is 0.470. The monoisotopic (exact) mass is 330 g/mol. The lowest BCUT2D eigenvalue weighted by Gasteiger charge is -2.49. The van der Waals surface area contributed by atoms with Gasteiger partial charge in [0.05, 0.1) is 11.7 Å². The van der Waals surface area contributed by atoms with Gasteiger partial charge in [-0.2, -0.15) is 0 Å². The predicted octanol–water partition coefficient (Wildman–Crippen LogP) is 1.94. The molecule has 1 aromatic carbocycles. The van der Waals surface area contributed by atoms with Crippen molar-refractivity contribution in [3.8, 4) is 5.75 Å². The second-order valence-corrected chi connectivity index (χ2v) is 7.50. The summed E-state index contributed by atoms with van der Waals surface area (Å²) in [5.41, 5.74) is 9.28. The number of nitrogens with zero attached hydrogens (tertiary/aromatic N) is 3. The summed E-state index contributed by atoms with van der Waals surface area (Å²) in [4.78, 5) is 7.85. The molecular weight excluding hydrogens is 300 g/mol. The third-order valence-electron chi connectivity index (χ3n) is 6.04. The Morgan fingerprint density at radius 2 is 1.92 bits per heavy atom. The Morgan fingerprint density at radius 3 is 2.67 bits per heavy atom. The average molecular weight is 330 g/mol. The molecule has 24 heavy (non-hydrogen) atoms. The number of benzene rings is 1. The number of anilines is 2. The molecule has 2 N–H and O–H groups in total.